The average molecular weight is 475 g/mol. The minimum atomic E-state index is -3.99. The molecule has 3 amide bonds. The highest BCUT2D eigenvalue weighted by Crippen LogP contribution is 2.15. The highest BCUT2D eigenvalue weighted by Gasteiger charge is 2.27. The van der Waals surface area contributed by atoms with Crippen LogP contribution in [0.4, 0.5) is 11.4 Å². The second-order valence-corrected chi connectivity index (χ2v) is 9.39. The van der Waals surface area contributed by atoms with Gasteiger partial charge >= 0.3 is 0 Å². The molecule has 9 nitrogen and oxygen atoms in total. The highest BCUT2D eigenvalue weighted by molar-refractivity contribution is 7.89. The van der Waals surface area contributed by atoms with Gasteiger partial charge in [0.2, 0.25) is 27.7 Å². The van der Waals surface area contributed by atoms with Crippen molar-refractivity contribution in [1.82, 2.24) is 9.62 Å². The minimum absolute atomic E-state index is 0.0458. The van der Waals surface area contributed by atoms with Crippen molar-refractivity contribution in [3.05, 3.63) is 54.1 Å². The van der Waals surface area contributed by atoms with E-state index in [0.717, 1.165) is 5.56 Å². The van der Waals surface area contributed by atoms with Gasteiger partial charge in [-0.25, -0.2) is 8.42 Å². The molecule has 0 bridgehead atoms. The van der Waals surface area contributed by atoms with Crippen LogP contribution in [0.15, 0.2) is 53.4 Å². The number of hydrogen-bond donors (Lipinski definition) is 3. The topological polar surface area (TPSA) is 125 Å². The van der Waals surface area contributed by atoms with Gasteiger partial charge in [0.05, 0.1) is 17.5 Å². The van der Waals surface area contributed by atoms with Gasteiger partial charge in [0.15, 0.2) is 0 Å². The molecule has 0 heterocycles. The Morgan fingerprint density at radius 1 is 1.00 bits per heavy atom. The second-order valence-electron chi connectivity index (χ2n) is 7.67. The Labute approximate surface area is 194 Å². The second kappa shape index (κ2) is 11.6. The molecular weight excluding hydrogens is 444 g/mol. The molecule has 178 valence electrons. The molecule has 0 aliphatic rings. The van der Waals surface area contributed by atoms with Crippen molar-refractivity contribution in [3.8, 4) is 0 Å². The number of benzene rings is 2. The number of carbonyl (C=O) groups excluding carboxylic acids is 3. The lowest BCUT2D eigenvalue weighted by atomic mass is 10.2. The number of para-hydroxylation sites is 1. The molecule has 0 fully saturated rings. The van der Waals surface area contributed by atoms with Crippen molar-refractivity contribution in [2.45, 2.75) is 45.1 Å². The fourth-order valence-corrected chi connectivity index (χ4v) is 4.36. The van der Waals surface area contributed by atoms with E-state index in [9.17, 15) is 22.8 Å². The van der Waals surface area contributed by atoms with Gasteiger partial charge in [0.1, 0.15) is 0 Å². The zero-order valence-corrected chi connectivity index (χ0v) is 20.0. The van der Waals surface area contributed by atoms with Gasteiger partial charge in [0.25, 0.3) is 0 Å². The van der Waals surface area contributed by atoms with E-state index in [4.69, 9.17) is 0 Å². The summed E-state index contributed by atoms with van der Waals surface area (Å²) in [5, 5.41) is 5.34. The molecule has 0 saturated carbocycles. The van der Waals surface area contributed by atoms with Gasteiger partial charge in [0, 0.05) is 24.8 Å². The van der Waals surface area contributed by atoms with Crippen LogP contribution in [0, 0.1) is 6.92 Å². The summed E-state index contributed by atoms with van der Waals surface area (Å²) in [5.74, 6) is -1.14. The van der Waals surface area contributed by atoms with Crippen LogP contribution in [-0.2, 0) is 24.4 Å². The molecule has 0 saturated heterocycles. The maximum atomic E-state index is 12.9. The van der Waals surface area contributed by atoms with Gasteiger partial charge in [-0.15, -0.1) is 0 Å². The predicted molar refractivity (Wildman–Crippen MR) is 127 cm³/mol. The lowest BCUT2D eigenvalue weighted by molar-refractivity contribution is -0.135. The first-order chi connectivity index (χ1) is 15.5. The first-order valence-electron chi connectivity index (χ1n) is 10.6. The van der Waals surface area contributed by atoms with E-state index in [1.807, 2.05) is 26.0 Å². The van der Waals surface area contributed by atoms with Gasteiger partial charge in [-0.3, -0.25) is 14.4 Å². The molecule has 0 aliphatic heterocycles. The van der Waals surface area contributed by atoms with Crippen LogP contribution >= 0.6 is 0 Å². The summed E-state index contributed by atoms with van der Waals surface area (Å²) in [6, 6.07) is 11.8. The van der Waals surface area contributed by atoms with E-state index in [0.29, 0.717) is 24.3 Å². The van der Waals surface area contributed by atoms with Crippen molar-refractivity contribution in [1.29, 1.82) is 0 Å². The van der Waals surface area contributed by atoms with Crippen LogP contribution in [0.3, 0.4) is 0 Å². The van der Waals surface area contributed by atoms with E-state index >= 15 is 0 Å². The lowest BCUT2D eigenvalue weighted by Crippen LogP contribution is -2.49. The first kappa shape index (κ1) is 26.0. The summed E-state index contributed by atoms with van der Waals surface area (Å²) in [5.41, 5.74) is 2.01. The Hall–Kier alpha value is -3.24. The average Bonchev–Trinajstić information content (AvgIpc) is 2.74. The smallest absolute Gasteiger partial charge is 0.244 e. The largest absolute Gasteiger partial charge is 0.332 e. The molecule has 0 unspecified atom stereocenters. The van der Waals surface area contributed by atoms with Crippen molar-refractivity contribution < 1.29 is 22.8 Å². The fraction of sp³-hybridized carbons (Fsp3) is 0.348. The summed E-state index contributed by atoms with van der Waals surface area (Å²) >= 11 is 0. The maximum Gasteiger partial charge on any atom is 0.244 e. The number of carbonyl (C=O) groups is 3. The Bertz CT molecular complexity index is 1100. The van der Waals surface area contributed by atoms with E-state index in [1.54, 1.807) is 12.1 Å². The summed E-state index contributed by atoms with van der Waals surface area (Å²) in [4.78, 5) is 37.9. The Balaban J connectivity index is 2.06. The van der Waals surface area contributed by atoms with Crippen LogP contribution < -0.4 is 15.4 Å². The molecule has 2 aromatic rings. The van der Waals surface area contributed by atoms with Crippen molar-refractivity contribution >= 4 is 39.1 Å². The summed E-state index contributed by atoms with van der Waals surface area (Å²) in [6.07, 6.45) is 0.605. The Kier molecular flexibility index (Phi) is 9.12. The summed E-state index contributed by atoms with van der Waals surface area (Å²) in [7, 11) is -3.99. The highest BCUT2D eigenvalue weighted by atomic mass is 32.2. The van der Waals surface area contributed by atoms with Gasteiger partial charge in [-0.1, -0.05) is 25.1 Å². The van der Waals surface area contributed by atoms with E-state index in [1.165, 1.54) is 43.0 Å². The molecule has 0 aromatic heterocycles. The molecule has 2 aromatic carbocycles. The Morgan fingerprint density at radius 2 is 1.64 bits per heavy atom. The maximum absolute atomic E-state index is 12.9. The number of nitrogens with one attached hydrogen (secondary N) is 3. The molecule has 0 radical (unpaired) electrons. The third-order valence-electron chi connectivity index (χ3n) is 4.75. The van der Waals surface area contributed by atoms with E-state index in [-0.39, 0.29) is 23.3 Å². The predicted octanol–water partition coefficient (Wildman–Crippen LogP) is 2.50. The number of sulfonamides is 1. The number of rotatable bonds is 10. The van der Waals surface area contributed by atoms with Crippen LogP contribution in [0.5, 0.6) is 0 Å². The minimum Gasteiger partial charge on any atom is -0.332 e. The molecule has 0 aliphatic carbocycles. The number of nitrogens with zero attached hydrogens (tertiary/aromatic N) is 1. The number of amides is 3. The van der Waals surface area contributed by atoms with Crippen LogP contribution in [0.2, 0.25) is 0 Å². The van der Waals surface area contributed by atoms with Crippen molar-refractivity contribution in [2.24, 2.45) is 0 Å². The number of aryl methyl sites for hydroxylation is 1. The van der Waals surface area contributed by atoms with Crippen LogP contribution in [0.25, 0.3) is 0 Å². The number of anilines is 2. The molecule has 0 spiro atoms. The molecule has 10 heteroatoms. The molecule has 1 atom stereocenters. The van der Waals surface area contributed by atoms with Crippen LogP contribution in [-0.4, -0.2) is 50.2 Å². The quantitative estimate of drug-likeness (QED) is 0.488. The van der Waals surface area contributed by atoms with Crippen molar-refractivity contribution in [2.75, 3.05) is 23.7 Å². The third-order valence-corrected chi connectivity index (χ3v) is 6.30. The molecule has 2 rings (SSSR count). The van der Waals surface area contributed by atoms with E-state index in [2.05, 4.69) is 15.4 Å². The van der Waals surface area contributed by atoms with Gasteiger partial charge in [-0.05, 0) is 56.2 Å². The fourth-order valence-electron chi connectivity index (χ4n) is 3.16. The monoisotopic (exact) mass is 474 g/mol. The van der Waals surface area contributed by atoms with Gasteiger partial charge < -0.3 is 15.5 Å². The summed E-state index contributed by atoms with van der Waals surface area (Å²) < 4.78 is 27.8. The lowest BCUT2D eigenvalue weighted by Gasteiger charge is -2.25. The molecular formula is C23H30N4O5S. The SMILES string of the molecule is CCCN(CC(=O)Nc1ccccc1C)C(=O)[C@H](C)NS(=O)(=O)c1ccc(NC(C)=O)cc1. The first-order valence-corrected chi connectivity index (χ1v) is 12.1. The van der Waals surface area contributed by atoms with Gasteiger partial charge in [-0.2, -0.15) is 4.72 Å². The molecule has 3 N–H and O–H groups in total. The normalized spacial score (nSPS) is 12.0. The van der Waals surface area contributed by atoms with Crippen LogP contribution in [0.1, 0.15) is 32.8 Å². The Morgan fingerprint density at radius 3 is 2.21 bits per heavy atom. The molecule has 33 heavy (non-hydrogen) atoms. The zero-order chi connectivity index (χ0) is 24.6. The summed E-state index contributed by atoms with van der Waals surface area (Å²) in [6.45, 7) is 6.63. The van der Waals surface area contributed by atoms with E-state index < -0.39 is 22.0 Å². The zero-order valence-electron chi connectivity index (χ0n) is 19.2. The third kappa shape index (κ3) is 7.69. The standard InChI is InChI=1S/C23H30N4O5S/c1-5-14-27(15-22(29)25-21-9-7-6-8-16(21)2)23(30)17(3)26-33(31,32)20-12-10-19(11-13-20)24-18(4)28/h6-13,17,26H,5,14-15H2,1-4H3,(H,24,28)(H,25,29)/t17-/m0/s1. The van der Waals surface area contributed by atoms with Crippen molar-refractivity contribution in [3.63, 3.8) is 0 Å². The number of hydrogen-bond acceptors (Lipinski definition) is 5.